The molecule has 3 aromatic carbocycles. The van der Waals surface area contributed by atoms with E-state index in [0.717, 1.165) is 28.7 Å². The summed E-state index contributed by atoms with van der Waals surface area (Å²) in [4.78, 5) is 29.0. The van der Waals surface area contributed by atoms with Gasteiger partial charge in [0.1, 0.15) is 6.04 Å². The van der Waals surface area contributed by atoms with Crippen LogP contribution in [-0.4, -0.2) is 28.8 Å². The molecule has 2 amide bonds. The first kappa shape index (κ1) is 25.5. The van der Waals surface area contributed by atoms with Gasteiger partial charge in [-0.3, -0.25) is 9.59 Å². The molecule has 0 aromatic heterocycles. The molecule has 0 aliphatic carbocycles. The van der Waals surface area contributed by atoms with E-state index in [9.17, 15) is 9.59 Å². The monoisotopic (exact) mass is 476 g/mol. The number of nitrogens with one attached hydrogen (secondary N) is 1. The molecule has 0 radical (unpaired) electrons. The first-order valence-corrected chi connectivity index (χ1v) is 12.2. The highest BCUT2D eigenvalue weighted by atomic mass is 35.5. The zero-order valence-electron chi connectivity index (χ0n) is 20.1. The molecular formula is C29H33ClN2O2. The minimum atomic E-state index is -0.646. The second kappa shape index (κ2) is 12.4. The molecule has 1 N–H and O–H groups in total. The summed E-state index contributed by atoms with van der Waals surface area (Å²) in [7, 11) is 0. The maximum Gasteiger partial charge on any atom is 0.243 e. The van der Waals surface area contributed by atoms with E-state index in [0.29, 0.717) is 18.0 Å². The van der Waals surface area contributed by atoms with Crippen LogP contribution in [0, 0.1) is 6.92 Å². The Bertz CT molecular complexity index is 1100. The van der Waals surface area contributed by atoms with Crippen molar-refractivity contribution in [2.75, 3.05) is 0 Å². The summed E-state index contributed by atoms with van der Waals surface area (Å²) in [6, 6.07) is 24.5. The summed E-state index contributed by atoms with van der Waals surface area (Å²) in [5, 5.41) is 3.70. The fraction of sp³-hybridized carbons (Fsp3) is 0.310. The van der Waals surface area contributed by atoms with Crippen LogP contribution in [0.1, 0.15) is 42.5 Å². The Balaban J connectivity index is 1.98. The van der Waals surface area contributed by atoms with Crippen molar-refractivity contribution in [2.24, 2.45) is 0 Å². The zero-order chi connectivity index (χ0) is 24.5. The van der Waals surface area contributed by atoms with E-state index in [1.165, 1.54) is 0 Å². The van der Waals surface area contributed by atoms with Gasteiger partial charge in [-0.05, 0) is 54.7 Å². The molecule has 0 bridgehead atoms. The lowest BCUT2D eigenvalue weighted by molar-refractivity contribution is -0.141. The average molecular weight is 477 g/mol. The first-order chi connectivity index (χ1) is 16.4. The van der Waals surface area contributed by atoms with Crippen molar-refractivity contribution < 1.29 is 9.59 Å². The van der Waals surface area contributed by atoms with Gasteiger partial charge in [0.15, 0.2) is 0 Å². The SMILES string of the molecule is CC[C@H](C)NC(=O)[C@H](Cc1ccccc1)N(Cc1cccc(Cl)c1)C(=O)Cc1ccccc1C. The zero-order valence-corrected chi connectivity index (χ0v) is 20.9. The van der Waals surface area contributed by atoms with Crippen LogP contribution in [0.2, 0.25) is 5.02 Å². The summed E-state index contributed by atoms with van der Waals surface area (Å²) < 4.78 is 0. The second-order valence-corrected chi connectivity index (χ2v) is 9.21. The molecule has 3 rings (SSSR count). The van der Waals surface area contributed by atoms with E-state index in [1.54, 1.807) is 4.90 Å². The van der Waals surface area contributed by atoms with E-state index in [1.807, 2.05) is 99.6 Å². The van der Waals surface area contributed by atoms with Crippen LogP contribution in [0.4, 0.5) is 0 Å². The van der Waals surface area contributed by atoms with Gasteiger partial charge in [-0.2, -0.15) is 0 Å². The number of hydrogen-bond acceptors (Lipinski definition) is 2. The Labute approximate surface area is 207 Å². The number of benzene rings is 3. The molecule has 0 unspecified atom stereocenters. The van der Waals surface area contributed by atoms with Crippen LogP contribution in [-0.2, 0) is 29.0 Å². The maximum atomic E-state index is 13.8. The van der Waals surface area contributed by atoms with E-state index in [-0.39, 0.29) is 24.3 Å². The largest absolute Gasteiger partial charge is 0.352 e. The third kappa shape index (κ3) is 7.19. The van der Waals surface area contributed by atoms with Gasteiger partial charge in [0.25, 0.3) is 0 Å². The predicted molar refractivity (Wildman–Crippen MR) is 139 cm³/mol. The van der Waals surface area contributed by atoms with Gasteiger partial charge in [-0.25, -0.2) is 0 Å². The topological polar surface area (TPSA) is 49.4 Å². The van der Waals surface area contributed by atoms with Crippen molar-refractivity contribution in [1.29, 1.82) is 0 Å². The van der Waals surface area contributed by atoms with E-state index in [2.05, 4.69) is 5.32 Å². The molecule has 0 spiro atoms. The van der Waals surface area contributed by atoms with Crippen molar-refractivity contribution in [3.63, 3.8) is 0 Å². The van der Waals surface area contributed by atoms with Gasteiger partial charge in [0.05, 0.1) is 6.42 Å². The molecule has 0 aliphatic heterocycles. The lowest BCUT2D eigenvalue weighted by Gasteiger charge is -2.32. The van der Waals surface area contributed by atoms with Crippen LogP contribution in [0.15, 0.2) is 78.9 Å². The van der Waals surface area contributed by atoms with Crippen molar-refractivity contribution >= 4 is 23.4 Å². The van der Waals surface area contributed by atoms with Crippen LogP contribution >= 0.6 is 11.6 Å². The number of carbonyl (C=O) groups is 2. The normalized spacial score (nSPS) is 12.6. The van der Waals surface area contributed by atoms with Crippen LogP contribution in [0.5, 0.6) is 0 Å². The molecule has 4 nitrogen and oxygen atoms in total. The Hall–Kier alpha value is -3.11. The number of carbonyl (C=O) groups excluding carboxylic acids is 2. The predicted octanol–water partition coefficient (Wildman–Crippen LogP) is 5.75. The lowest BCUT2D eigenvalue weighted by Crippen LogP contribution is -2.52. The number of rotatable bonds is 10. The quantitative estimate of drug-likeness (QED) is 0.405. The van der Waals surface area contributed by atoms with Gasteiger partial charge in [-0.15, -0.1) is 0 Å². The molecule has 178 valence electrons. The van der Waals surface area contributed by atoms with Crippen LogP contribution < -0.4 is 5.32 Å². The Morgan fingerprint density at radius 1 is 0.941 bits per heavy atom. The van der Waals surface area contributed by atoms with Gasteiger partial charge >= 0.3 is 0 Å². The van der Waals surface area contributed by atoms with Crippen LogP contribution in [0.3, 0.4) is 0 Å². The average Bonchev–Trinajstić information content (AvgIpc) is 2.83. The molecule has 0 saturated heterocycles. The number of aryl methyl sites for hydroxylation is 1. The summed E-state index contributed by atoms with van der Waals surface area (Å²) >= 11 is 6.24. The number of hydrogen-bond donors (Lipinski definition) is 1. The summed E-state index contributed by atoms with van der Waals surface area (Å²) in [6.45, 7) is 6.32. The summed E-state index contributed by atoms with van der Waals surface area (Å²) in [5.41, 5.74) is 3.92. The fourth-order valence-corrected chi connectivity index (χ4v) is 4.11. The smallest absolute Gasteiger partial charge is 0.243 e. The Morgan fingerprint density at radius 2 is 1.62 bits per heavy atom. The molecular weight excluding hydrogens is 444 g/mol. The summed E-state index contributed by atoms with van der Waals surface area (Å²) in [5.74, 6) is -0.229. The molecule has 0 saturated carbocycles. The minimum absolute atomic E-state index is 0.0188. The van der Waals surface area contributed by atoms with Crippen molar-refractivity contribution in [1.82, 2.24) is 10.2 Å². The van der Waals surface area contributed by atoms with Gasteiger partial charge in [0.2, 0.25) is 11.8 Å². The molecule has 0 heterocycles. The third-order valence-electron chi connectivity index (χ3n) is 6.12. The standard InChI is InChI=1S/C29H33ClN2O2/c1-4-22(3)31-29(34)27(18-23-12-6-5-7-13-23)32(20-24-14-10-16-26(30)17-24)28(33)19-25-15-9-8-11-21(25)2/h5-17,22,27H,4,18-20H2,1-3H3,(H,31,34)/t22-,27-/m0/s1. The van der Waals surface area contributed by atoms with Gasteiger partial charge in [-0.1, -0.05) is 85.3 Å². The Kier molecular flexibility index (Phi) is 9.29. The highest BCUT2D eigenvalue weighted by molar-refractivity contribution is 6.30. The highest BCUT2D eigenvalue weighted by Crippen LogP contribution is 2.19. The van der Waals surface area contributed by atoms with Gasteiger partial charge in [0, 0.05) is 24.0 Å². The molecule has 3 aromatic rings. The van der Waals surface area contributed by atoms with E-state index < -0.39 is 6.04 Å². The van der Waals surface area contributed by atoms with E-state index >= 15 is 0 Å². The number of nitrogens with zero attached hydrogens (tertiary/aromatic N) is 1. The second-order valence-electron chi connectivity index (χ2n) is 8.78. The van der Waals surface area contributed by atoms with Gasteiger partial charge < -0.3 is 10.2 Å². The molecule has 34 heavy (non-hydrogen) atoms. The number of halogens is 1. The number of amides is 2. The van der Waals surface area contributed by atoms with E-state index in [4.69, 9.17) is 11.6 Å². The Morgan fingerprint density at radius 3 is 2.29 bits per heavy atom. The molecule has 2 atom stereocenters. The molecule has 5 heteroatoms. The van der Waals surface area contributed by atoms with Crippen molar-refractivity contribution in [3.8, 4) is 0 Å². The molecule has 0 fully saturated rings. The van der Waals surface area contributed by atoms with Crippen LogP contribution in [0.25, 0.3) is 0 Å². The summed E-state index contributed by atoms with van der Waals surface area (Å²) in [6.07, 6.45) is 1.48. The lowest BCUT2D eigenvalue weighted by atomic mass is 10.00. The highest BCUT2D eigenvalue weighted by Gasteiger charge is 2.31. The maximum absolute atomic E-state index is 13.8. The third-order valence-corrected chi connectivity index (χ3v) is 6.35. The van der Waals surface area contributed by atoms with Crippen molar-refractivity contribution in [2.45, 2.75) is 58.7 Å². The molecule has 0 aliphatic rings. The first-order valence-electron chi connectivity index (χ1n) is 11.8. The minimum Gasteiger partial charge on any atom is -0.352 e. The van der Waals surface area contributed by atoms with Crippen molar-refractivity contribution in [3.05, 3.63) is 106 Å². The fourth-order valence-electron chi connectivity index (χ4n) is 3.90.